The van der Waals surface area contributed by atoms with Crippen LogP contribution in [0, 0.1) is 5.92 Å². The van der Waals surface area contributed by atoms with Crippen LogP contribution in [-0.4, -0.2) is 27.9 Å². The highest BCUT2D eigenvalue weighted by atomic mass is 32.2. The summed E-state index contributed by atoms with van der Waals surface area (Å²) in [5.74, 6) is -0.336. The minimum absolute atomic E-state index is 0.167. The topological polar surface area (TPSA) is 84.5 Å². The van der Waals surface area contributed by atoms with Crippen molar-refractivity contribution in [2.24, 2.45) is 5.92 Å². The molecule has 24 heavy (non-hydrogen) atoms. The van der Waals surface area contributed by atoms with Gasteiger partial charge in [0.15, 0.2) is 11.0 Å². The fourth-order valence-electron chi connectivity index (χ4n) is 1.92. The van der Waals surface area contributed by atoms with Gasteiger partial charge in [-0.25, -0.2) is 9.00 Å². The molecule has 0 saturated heterocycles. The highest BCUT2D eigenvalue weighted by Gasteiger charge is 2.26. The monoisotopic (exact) mass is 354 g/mol. The molecule has 134 valence electrons. The highest BCUT2D eigenvalue weighted by molar-refractivity contribution is 7.83. The Hall–Kier alpha value is -1.89. The summed E-state index contributed by atoms with van der Waals surface area (Å²) in [6.45, 7) is 9.11. The van der Waals surface area contributed by atoms with Crippen LogP contribution in [0.3, 0.4) is 0 Å². The van der Waals surface area contributed by atoms with E-state index in [9.17, 15) is 13.8 Å². The van der Waals surface area contributed by atoms with Gasteiger partial charge in [0.25, 0.3) is 5.91 Å². The number of amides is 2. The Morgan fingerprint density at radius 3 is 2.25 bits per heavy atom. The minimum Gasteiger partial charge on any atom is -0.444 e. The Morgan fingerprint density at radius 2 is 1.75 bits per heavy atom. The average Bonchev–Trinajstić information content (AvgIpc) is 2.44. The maximum Gasteiger partial charge on any atom is 0.408 e. The fourth-order valence-corrected chi connectivity index (χ4v) is 2.77. The summed E-state index contributed by atoms with van der Waals surface area (Å²) >= 11 is 0. The average molecular weight is 354 g/mol. The van der Waals surface area contributed by atoms with E-state index in [0.29, 0.717) is 11.3 Å². The van der Waals surface area contributed by atoms with Crippen LogP contribution in [0.5, 0.6) is 0 Å². The third kappa shape index (κ3) is 7.59. The Morgan fingerprint density at radius 1 is 1.17 bits per heavy atom. The molecule has 0 saturated carbocycles. The van der Waals surface area contributed by atoms with E-state index in [1.165, 1.54) is 0 Å². The van der Waals surface area contributed by atoms with Gasteiger partial charge in [0.2, 0.25) is 0 Å². The van der Waals surface area contributed by atoms with Crippen molar-refractivity contribution in [1.29, 1.82) is 0 Å². The van der Waals surface area contributed by atoms with Crippen molar-refractivity contribution in [3.05, 3.63) is 30.3 Å². The standard InChI is InChI=1S/C17H26N2O4S/c1-12(2)11-14(18-16(21)23-17(3,4)5)15(20)19-24(22)13-9-7-6-8-10-13/h6-10,12,14H,11H2,1-5H3,(H,18,21)(H,19,20)/t14-,24?/m1/s1. The summed E-state index contributed by atoms with van der Waals surface area (Å²) in [6, 6.07) is 7.79. The van der Waals surface area contributed by atoms with Crippen LogP contribution in [0.15, 0.2) is 35.2 Å². The van der Waals surface area contributed by atoms with Crippen molar-refractivity contribution >= 4 is 23.0 Å². The summed E-state index contributed by atoms with van der Waals surface area (Å²) in [5.41, 5.74) is -0.657. The number of nitrogens with one attached hydrogen (secondary N) is 2. The molecule has 0 bridgehead atoms. The van der Waals surface area contributed by atoms with Crippen LogP contribution in [-0.2, 0) is 20.5 Å². The van der Waals surface area contributed by atoms with E-state index in [1.807, 2.05) is 13.8 Å². The van der Waals surface area contributed by atoms with E-state index in [0.717, 1.165) is 0 Å². The quantitative estimate of drug-likeness (QED) is 0.823. The first-order valence-electron chi connectivity index (χ1n) is 7.85. The molecule has 0 heterocycles. The molecular weight excluding hydrogens is 328 g/mol. The SMILES string of the molecule is CC(C)C[C@@H](NC(=O)OC(C)(C)C)C(=O)NS(=O)c1ccccc1. The molecule has 2 amide bonds. The molecule has 2 N–H and O–H groups in total. The van der Waals surface area contributed by atoms with Crippen molar-refractivity contribution < 1.29 is 18.5 Å². The van der Waals surface area contributed by atoms with Gasteiger partial charge in [-0.3, -0.25) is 9.52 Å². The lowest BCUT2D eigenvalue weighted by molar-refractivity contribution is -0.121. The third-order valence-corrected chi connectivity index (χ3v) is 3.95. The number of carbonyl (C=O) groups excluding carboxylic acids is 2. The van der Waals surface area contributed by atoms with E-state index >= 15 is 0 Å². The molecule has 0 spiro atoms. The Labute approximate surface area is 145 Å². The van der Waals surface area contributed by atoms with Gasteiger partial charge in [-0.15, -0.1) is 0 Å². The van der Waals surface area contributed by atoms with Gasteiger partial charge in [-0.05, 0) is 45.2 Å². The molecule has 1 unspecified atom stereocenters. The lowest BCUT2D eigenvalue weighted by Gasteiger charge is -2.24. The van der Waals surface area contributed by atoms with Gasteiger partial charge in [-0.2, -0.15) is 0 Å². The maximum absolute atomic E-state index is 12.4. The molecule has 0 radical (unpaired) electrons. The first-order valence-corrected chi connectivity index (χ1v) is 9.00. The van der Waals surface area contributed by atoms with Gasteiger partial charge in [0.1, 0.15) is 11.6 Å². The summed E-state index contributed by atoms with van der Waals surface area (Å²) in [5, 5.41) is 2.55. The minimum atomic E-state index is -1.67. The van der Waals surface area contributed by atoms with Crippen molar-refractivity contribution in [2.75, 3.05) is 0 Å². The van der Waals surface area contributed by atoms with Gasteiger partial charge < -0.3 is 10.1 Å². The fraction of sp³-hybridized carbons (Fsp3) is 0.529. The van der Waals surface area contributed by atoms with Crippen molar-refractivity contribution in [3.63, 3.8) is 0 Å². The molecule has 1 rings (SSSR count). The molecular formula is C17H26N2O4S. The molecule has 2 atom stereocenters. The summed E-state index contributed by atoms with van der Waals surface area (Å²) in [7, 11) is -1.67. The number of hydrogen-bond donors (Lipinski definition) is 2. The van der Waals surface area contributed by atoms with Gasteiger partial charge in [-0.1, -0.05) is 32.0 Å². The number of alkyl carbamates (subject to hydrolysis) is 1. The molecule has 0 aromatic heterocycles. The van der Waals surface area contributed by atoms with E-state index in [2.05, 4.69) is 10.0 Å². The zero-order chi connectivity index (χ0) is 18.3. The van der Waals surface area contributed by atoms with Gasteiger partial charge in [0, 0.05) is 0 Å². The Kier molecular flexibility index (Phi) is 7.41. The highest BCUT2D eigenvalue weighted by Crippen LogP contribution is 2.10. The van der Waals surface area contributed by atoms with E-state index in [4.69, 9.17) is 4.74 Å². The lowest BCUT2D eigenvalue weighted by Crippen LogP contribution is -2.49. The molecule has 1 aromatic rings. The predicted molar refractivity (Wildman–Crippen MR) is 93.6 cm³/mol. The zero-order valence-corrected chi connectivity index (χ0v) is 15.6. The number of carbonyl (C=O) groups is 2. The summed E-state index contributed by atoms with van der Waals surface area (Å²) in [6.07, 6.45) is -0.259. The largest absolute Gasteiger partial charge is 0.444 e. The number of benzene rings is 1. The van der Waals surface area contributed by atoms with Gasteiger partial charge in [0.05, 0.1) is 4.90 Å². The molecule has 0 aliphatic heterocycles. The van der Waals surface area contributed by atoms with Crippen molar-refractivity contribution in [2.45, 2.75) is 57.6 Å². The molecule has 7 heteroatoms. The number of rotatable bonds is 6. The smallest absolute Gasteiger partial charge is 0.408 e. The van der Waals surface area contributed by atoms with Crippen LogP contribution in [0.25, 0.3) is 0 Å². The van der Waals surface area contributed by atoms with E-state index < -0.39 is 34.6 Å². The Balaban J connectivity index is 2.74. The normalized spacial score (nSPS) is 13.9. The second kappa shape index (κ2) is 8.82. The Bertz CT molecular complexity index is 582. The predicted octanol–water partition coefficient (Wildman–Crippen LogP) is 2.76. The number of ether oxygens (including phenoxy) is 1. The van der Waals surface area contributed by atoms with Crippen LogP contribution in [0.1, 0.15) is 41.0 Å². The second-order valence-corrected chi connectivity index (χ2v) is 8.09. The zero-order valence-electron chi connectivity index (χ0n) is 14.8. The van der Waals surface area contributed by atoms with Crippen molar-refractivity contribution in [1.82, 2.24) is 10.0 Å². The van der Waals surface area contributed by atoms with E-state index in [-0.39, 0.29) is 5.92 Å². The summed E-state index contributed by atoms with van der Waals surface area (Å²) in [4.78, 5) is 24.8. The second-order valence-electron chi connectivity index (χ2n) is 6.88. The maximum atomic E-state index is 12.4. The molecule has 0 aliphatic rings. The first-order chi connectivity index (χ1) is 11.1. The van der Waals surface area contributed by atoms with Gasteiger partial charge >= 0.3 is 6.09 Å². The van der Waals surface area contributed by atoms with Crippen LogP contribution in [0.2, 0.25) is 0 Å². The van der Waals surface area contributed by atoms with E-state index in [1.54, 1.807) is 51.1 Å². The lowest BCUT2D eigenvalue weighted by atomic mass is 10.0. The molecule has 1 aromatic carbocycles. The molecule has 0 aliphatic carbocycles. The van der Waals surface area contributed by atoms with Crippen LogP contribution < -0.4 is 10.0 Å². The molecule has 6 nitrogen and oxygen atoms in total. The summed E-state index contributed by atoms with van der Waals surface area (Å²) < 4.78 is 19.8. The third-order valence-electron chi connectivity index (χ3n) is 2.87. The van der Waals surface area contributed by atoms with Crippen LogP contribution >= 0.6 is 0 Å². The van der Waals surface area contributed by atoms with Crippen LogP contribution in [0.4, 0.5) is 4.79 Å². The first kappa shape index (κ1) is 20.2. The molecule has 0 fully saturated rings. The van der Waals surface area contributed by atoms with Crippen molar-refractivity contribution in [3.8, 4) is 0 Å². The number of hydrogen-bond acceptors (Lipinski definition) is 4.